The van der Waals surface area contributed by atoms with Crippen LogP contribution >= 0.6 is 0 Å². The molecule has 1 aromatic carbocycles. The summed E-state index contributed by atoms with van der Waals surface area (Å²) < 4.78 is 0. The number of carbonyl (C=O) groups excluding carboxylic acids is 1. The van der Waals surface area contributed by atoms with Crippen LogP contribution in [0, 0.1) is 0 Å². The topological polar surface area (TPSA) is 72.5 Å². The molecular weight excluding hydrogens is 340 g/mol. The SMILES string of the molecule is O=C(c1ccccc1-c1ncc[nH]1)N1CC[C@@H](N2CCCCCC2)[C@H](O)C1. The summed E-state index contributed by atoms with van der Waals surface area (Å²) >= 11 is 0. The van der Waals surface area contributed by atoms with Gasteiger partial charge >= 0.3 is 0 Å². The molecule has 2 fully saturated rings. The average Bonchev–Trinajstić information content (AvgIpc) is 3.10. The van der Waals surface area contributed by atoms with Crippen molar-refractivity contribution in [2.45, 2.75) is 44.2 Å². The molecule has 0 saturated carbocycles. The predicted octanol–water partition coefficient (Wildman–Crippen LogP) is 2.53. The van der Waals surface area contributed by atoms with E-state index in [0.29, 0.717) is 24.5 Å². The van der Waals surface area contributed by atoms with Crippen molar-refractivity contribution >= 4 is 5.91 Å². The normalized spacial score (nSPS) is 24.6. The minimum atomic E-state index is -0.489. The fourth-order valence-electron chi connectivity index (χ4n) is 4.42. The Kier molecular flexibility index (Phi) is 5.55. The molecule has 3 heterocycles. The van der Waals surface area contributed by atoms with E-state index in [9.17, 15) is 9.90 Å². The molecule has 0 unspecified atom stereocenters. The number of aliphatic hydroxyl groups is 1. The lowest BCUT2D eigenvalue weighted by Crippen LogP contribution is -2.55. The van der Waals surface area contributed by atoms with Gasteiger partial charge in [-0.2, -0.15) is 0 Å². The van der Waals surface area contributed by atoms with Crippen LogP contribution in [0.3, 0.4) is 0 Å². The zero-order valence-corrected chi connectivity index (χ0v) is 15.7. The molecule has 2 N–H and O–H groups in total. The summed E-state index contributed by atoms with van der Waals surface area (Å²) in [5.41, 5.74) is 1.43. The van der Waals surface area contributed by atoms with Crippen LogP contribution in [0.15, 0.2) is 36.7 Å². The van der Waals surface area contributed by atoms with Crippen LogP contribution in [0.1, 0.15) is 42.5 Å². The number of H-pyrrole nitrogens is 1. The number of aromatic amines is 1. The third-order valence-corrected chi connectivity index (χ3v) is 5.85. The Hall–Kier alpha value is -2.18. The third-order valence-electron chi connectivity index (χ3n) is 5.85. The largest absolute Gasteiger partial charge is 0.390 e. The zero-order valence-electron chi connectivity index (χ0n) is 15.7. The van der Waals surface area contributed by atoms with Gasteiger partial charge in [0, 0.05) is 37.1 Å². The number of β-amino-alcohol motifs (C(OH)–C–C–N with tert-alkyl or cyclic N) is 1. The molecule has 6 nitrogen and oxygen atoms in total. The molecule has 1 amide bonds. The van der Waals surface area contributed by atoms with Gasteiger partial charge in [0.1, 0.15) is 5.82 Å². The molecule has 2 saturated heterocycles. The monoisotopic (exact) mass is 368 g/mol. The first kappa shape index (κ1) is 18.2. The molecule has 2 aromatic rings. The van der Waals surface area contributed by atoms with E-state index >= 15 is 0 Å². The maximum Gasteiger partial charge on any atom is 0.254 e. The quantitative estimate of drug-likeness (QED) is 0.873. The van der Waals surface area contributed by atoms with Gasteiger partial charge in [-0.25, -0.2) is 4.98 Å². The first-order valence-electron chi connectivity index (χ1n) is 10.0. The molecule has 0 aliphatic carbocycles. The van der Waals surface area contributed by atoms with Crippen LogP contribution in [0.4, 0.5) is 0 Å². The van der Waals surface area contributed by atoms with Gasteiger partial charge in [-0.15, -0.1) is 0 Å². The number of aromatic nitrogens is 2. The van der Waals surface area contributed by atoms with Crippen molar-refractivity contribution < 1.29 is 9.90 Å². The van der Waals surface area contributed by atoms with Crippen LogP contribution in [-0.2, 0) is 0 Å². The van der Waals surface area contributed by atoms with Crippen molar-refractivity contribution in [1.29, 1.82) is 0 Å². The molecule has 144 valence electrons. The number of aliphatic hydroxyl groups excluding tert-OH is 1. The molecule has 1 aromatic heterocycles. The minimum absolute atomic E-state index is 0.0321. The first-order chi connectivity index (χ1) is 13.2. The number of hydrogen-bond donors (Lipinski definition) is 2. The number of imidazole rings is 1. The lowest BCUT2D eigenvalue weighted by molar-refractivity contribution is -0.00803. The van der Waals surface area contributed by atoms with E-state index in [-0.39, 0.29) is 11.9 Å². The highest BCUT2D eigenvalue weighted by Crippen LogP contribution is 2.25. The lowest BCUT2D eigenvalue weighted by Gasteiger charge is -2.41. The third kappa shape index (κ3) is 3.92. The van der Waals surface area contributed by atoms with Gasteiger partial charge in [0.15, 0.2) is 0 Å². The van der Waals surface area contributed by atoms with Gasteiger partial charge in [-0.05, 0) is 38.4 Å². The van der Waals surface area contributed by atoms with Crippen LogP contribution in [0.5, 0.6) is 0 Å². The maximum absolute atomic E-state index is 13.2. The summed E-state index contributed by atoms with van der Waals surface area (Å²) in [5.74, 6) is 0.661. The van der Waals surface area contributed by atoms with Crippen LogP contribution in [0.25, 0.3) is 11.4 Å². The molecule has 0 spiro atoms. The van der Waals surface area contributed by atoms with E-state index in [1.54, 1.807) is 17.3 Å². The number of carbonyl (C=O) groups is 1. The number of piperidine rings is 1. The number of rotatable bonds is 3. The standard InChI is InChI=1S/C21H28N4O2/c26-19-15-25(14-9-18(19)24-12-5-1-2-6-13-24)21(27)17-8-4-3-7-16(17)20-22-10-11-23-20/h3-4,7-8,10-11,18-19,26H,1-2,5-6,9,12-15H2,(H,22,23)/t18-,19-/m1/s1. The van der Waals surface area contributed by atoms with E-state index in [1.807, 2.05) is 24.3 Å². The Labute approximate surface area is 160 Å². The molecule has 2 aliphatic heterocycles. The van der Waals surface area contributed by atoms with E-state index in [2.05, 4.69) is 14.9 Å². The van der Waals surface area contributed by atoms with Gasteiger partial charge in [-0.1, -0.05) is 31.0 Å². The van der Waals surface area contributed by atoms with E-state index in [1.165, 1.54) is 25.7 Å². The van der Waals surface area contributed by atoms with E-state index in [0.717, 1.165) is 25.1 Å². The Morgan fingerprint density at radius 2 is 1.89 bits per heavy atom. The molecule has 0 bridgehead atoms. The summed E-state index contributed by atoms with van der Waals surface area (Å²) in [6, 6.07) is 7.71. The predicted molar refractivity (Wildman–Crippen MR) is 104 cm³/mol. The van der Waals surface area contributed by atoms with Gasteiger partial charge in [0.25, 0.3) is 5.91 Å². The molecular formula is C21H28N4O2. The number of benzene rings is 1. The Bertz CT molecular complexity index is 753. The van der Waals surface area contributed by atoms with Crippen molar-refractivity contribution in [2.24, 2.45) is 0 Å². The van der Waals surface area contributed by atoms with E-state index < -0.39 is 6.10 Å². The van der Waals surface area contributed by atoms with Crippen molar-refractivity contribution in [1.82, 2.24) is 19.8 Å². The fraction of sp³-hybridized carbons (Fsp3) is 0.524. The molecule has 2 atom stereocenters. The van der Waals surface area contributed by atoms with Gasteiger partial charge in [0.05, 0.1) is 11.7 Å². The summed E-state index contributed by atoms with van der Waals surface area (Å²) in [6.45, 7) is 3.21. The second-order valence-electron chi connectivity index (χ2n) is 7.61. The summed E-state index contributed by atoms with van der Waals surface area (Å²) in [4.78, 5) is 24.8. The molecule has 2 aliphatic rings. The first-order valence-corrected chi connectivity index (χ1v) is 10.0. The van der Waals surface area contributed by atoms with Crippen molar-refractivity contribution in [3.8, 4) is 11.4 Å². The number of likely N-dealkylation sites (tertiary alicyclic amines) is 2. The fourth-order valence-corrected chi connectivity index (χ4v) is 4.42. The molecule has 0 radical (unpaired) electrons. The van der Waals surface area contributed by atoms with E-state index in [4.69, 9.17) is 0 Å². The summed E-state index contributed by atoms with van der Waals surface area (Å²) in [7, 11) is 0. The van der Waals surface area contributed by atoms with Gasteiger partial charge in [0.2, 0.25) is 0 Å². The number of nitrogens with one attached hydrogen (secondary N) is 1. The lowest BCUT2D eigenvalue weighted by atomic mass is 9.98. The molecule has 27 heavy (non-hydrogen) atoms. The molecule has 6 heteroatoms. The van der Waals surface area contributed by atoms with Gasteiger partial charge < -0.3 is 15.0 Å². The second kappa shape index (κ2) is 8.23. The Morgan fingerprint density at radius 3 is 2.59 bits per heavy atom. The van der Waals surface area contributed by atoms with Crippen LogP contribution in [0.2, 0.25) is 0 Å². The summed E-state index contributed by atoms with van der Waals surface area (Å²) in [5, 5.41) is 10.8. The Balaban J connectivity index is 1.47. The minimum Gasteiger partial charge on any atom is -0.390 e. The van der Waals surface area contributed by atoms with Crippen molar-refractivity contribution in [3.63, 3.8) is 0 Å². The van der Waals surface area contributed by atoms with Crippen LogP contribution < -0.4 is 0 Å². The summed E-state index contributed by atoms with van der Waals surface area (Å²) in [6.07, 6.45) is 8.78. The number of hydrogen-bond acceptors (Lipinski definition) is 4. The Morgan fingerprint density at radius 1 is 1.11 bits per heavy atom. The smallest absolute Gasteiger partial charge is 0.254 e. The maximum atomic E-state index is 13.2. The highest BCUT2D eigenvalue weighted by Gasteiger charge is 2.34. The van der Waals surface area contributed by atoms with Gasteiger partial charge in [-0.3, -0.25) is 9.69 Å². The highest BCUT2D eigenvalue weighted by atomic mass is 16.3. The van der Waals surface area contributed by atoms with Crippen LogP contribution in [-0.4, -0.2) is 69.1 Å². The highest BCUT2D eigenvalue weighted by molar-refractivity contribution is 6.00. The number of amides is 1. The van der Waals surface area contributed by atoms with Crippen molar-refractivity contribution in [2.75, 3.05) is 26.2 Å². The number of nitrogens with zero attached hydrogens (tertiary/aromatic N) is 3. The average molecular weight is 368 g/mol. The second-order valence-corrected chi connectivity index (χ2v) is 7.61. The molecule has 4 rings (SSSR count). The van der Waals surface area contributed by atoms with Crippen molar-refractivity contribution in [3.05, 3.63) is 42.2 Å². The zero-order chi connectivity index (χ0) is 18.6.